The van der Waals surface area contributed by atoms with Gasteiger partial charge in [-0.25, -0.2) is 0 Å². The number of Topliss-reactive ketones (excluding diaryl/α,β-unsaturated/α-hetero) is 1. The van der Waals surface area contributed by atoms with E-state index in [0.29, 0.717) is 24.5 Å². The zero-order chi connectivity index (χ0) is 11.4. The zero-order valence-electron chi connectivity index (χ0n) is 10.1. The number of aliphatic hydroxyl groups is 1. The lowest BCUT2D eigenvalue weighted by atomic mass is 9.90. The highest BCUT2D eigenvalue weighted by Gasteiger charge is 2.18. The summed E-state index contributed by atoms with van der Waals surface area (Å²) in [6, 6.07) is 0. The molecule has 0 saturated carbocycles. The quantitative estimate of drug-likeness (QED) is 0.716. The van der Waals surface area contributed by atoms with Crippen molar-refractivity contribution in [2.24, 2.45) is 11.8 Å². The van der Waals surface area contributed by atoms with Gasteiger partial charge in [0.25, 0.3) is 0 Å². The maximum atomic E-state index is 11.6. The average molecular weight is 200 g/mol. The van der Waals surface area contributed by atoms with Crippen molar-refractivity contribution in [3.05, 3.63) is 0 Å². The van der Waals surface area contributed by atoms with Gasteiger partial charge in [0.2, 0.25) is 0 Å². The van der Waals surface area contributed by atoms with Crippen LogP contribution in [0.5, 0.6) is 0 Å². The van der Waals surface area contributed by atoms with Gasteiger partial charge in [-0.05, 0) is 32.6 Å². The number of carbonyl (C=O) groups excluding carboxylic acids is 1. The van der Waals surface area contributed by atoms with Crippen molar-refractivity contribution in [3.8, 4) is 0 Å². The highest BCUT2D eigenvalue weighted by molar-refractivity contribution is 5.80. The van der Waals surface area contributed by atoms with Crippen LogP contribution < -0.4 is 0 Å². The van der Waals surface area contributed by atoms with Gasteiger partial charge in [0.05, 0.1) is 5.60 Å². The fourth-order valence-corrected chi connectivity index (χ4v) is 1.33. The summed E-state index contributed by atoms with van der Waals surface area (Å²) >= 11 is 0. The van der Waals surface area contributed by atoms with E-state index in [0.717, 1.165) is 6.42 Å². The Morgan fingerprint density at radius 3 is 2.14 bits per heavy atom. The molecule has 0 bridgehead atoms. The van der Waals surface area contributed by atoms with E-state index >= 15 is 0 Å². The number of hydrogen-bond donors (Lipinski definition) is 1. The summed E-state index contributed by atoms with van der Waals surface area (Å²) < 4.78 is 0. The minimum absolute atomic E-state index is 0.0869. The molecule has 1 N–H and O–H groups in total. The third-order valence-corrected chi connectivity index (χ3v) is 2.35. The molecule has 0 radical (unpaired) electrons. The van der Waals surface area contributed by atoms with Gasteiger partial charge in [0.15, 0.2) is 0 Å². The first kappa shape index (κ1) is 13.6. The zero-order valence-corrected chi connectivity index (χ0v) is 10.1. The Labute approximate surface area is 87.7 Å². The number of ketones is 1. The molecule has 0 heterocycles. The van der Waals surface area contributed by atoms with Crippen LogP contribution in [0.25, 0.3) is 0 Å². The molecule has 84 valence electrons. The molecule has 1 unspecified atom stereocenters. The predicted molar refractivity (Wildman–Crippen MR) is 59.2 cm³/mol. The van der Waals surface area contributed by atoms with Gasteiger partial charge in [0, 0.05) is 12.3 Å². The maximum Gasteiger partial charge on any atom is 0.135 e. The first-order valence-corrected chi connectivity index (χ1v) is 5.47. The topological polar surface area (TPSA) is 37.3 Å². The van der Waals surface area contributed by atoms with Crippen LogP contribution in [-0.2, 0) is 4.79 Å². The van der Waals surface area contributed by atoms with Crippen LogP contribution in [-0.4, -0.2) is 16.5 Å². The van der Waals surface area contributed by atoms with Crippen molar-refractivity contribution in [2.75, 3.05) is 0 Å². The smallest absolute Gasteiger partial charge is 0.135 e. The molecule has 0 fully saturated rings. The third-order valence-electron chi connectivity index (χ3n) is 2.35. The highest BCUT2D eigenvalue weighted by Crippen LogP contribution is 2.18. The molecule has 0 saturated heterocycles. The van der Waals surface area contributed by atoms with Gasteiger partial charge in [-0.2, -0.15) is 0 Å². The van der Waals surface area contributed by atoms with Crippen LogP contribution in [0.2, 0.25) is 0 Å². The highest BCUT2D eigenvalue weighted by atomic mass is 16.3. The standard InChI is InChI=1S/C12H24O2/c1-9(2)8-11(13)10(3)6-7-12(4,5)14/h9-10,14H,6-8H2,1-5H3. The molecule has 0 aromatic rings. The molecule has 0 aliphatic rings. The Hall–Kier alpha value is -0.370. The predicted octanol–water partition coefficient (Wildman–Crippen LogP) is 2.79. The van der Waals surface area contributed by atoms with E-state index in [2.05, 4.69) is 13.8 Å². The van der Waals surface area contributed by atoms with Gasteiger partial charge in [0.1, 0.15) is 5.78 Å². The molecule has 2 heteroatoms. The summed E-state index contributed by atoms with van der Waals surface area (Å²) in [7, 11) is 0. The molecule has 0 spiro atoms. The third kappa shape index (κ3) is 7.07. The van der Waals surface area contributed by atoms with Gasteiger partial charge in [-0.15, -0.1) is 0 Å². The second-order valence-electron chi connectivity index (χ2n) is 5.32. The molecular weight excluding hydrogens is 176 g/mol. The van der Waals surface area contributed by atoms with Crippen LogP contribution in [0.1, 0.15) is 53.9 Å². The van der Waals surface area contributed by atoms with Gasteiger partial charge in [-0.1, -0.05) is 20.8 Å². The summed E-state index contributed by atoms with van der Waals surface area (Å²) in [6.45, 7) is 9.64. The van der Waals surface area contributed by atoms with Crippen molar-refractivity contribution in [2.45, 2.75) is 59.5 Å². The Kier molecular flexibility index (Phi) is 5.35. The molecule has 0 aromatic carbocycles. The van der Waals surface area contributed by atoms with Crippen molar-refractivity contribution < 1.29 is 9.90 Å². The lowest BCUT2D eigenvalue weighted by molar-refractivity contribution is -0.123. The molecule has 2 nitrogen and oxygen atoms in total. The lowest BCUT2D eigenvalue weighted by Gasteiger charge is -2.19. The van der Waals surface area contributed by atoms with E-state index in [4.69, 9.17) is 0 Å². The molecule has 0 amide bonds. The molecule has 0 rings (SSSR count). The van der Waals surface area contributed by atoms with Gasteiger partial charge < -0.3 is 5.11 Å². The van der Waals surface area contributed by atoms with Crippen molar-refractivity contribution >= 4 is 5.78 Å². The van der Waals surface area contributed by atoms with E-state index in [1.807, 2.05) is 6.92 Å². The summed E-state index contributed by atoms with van der Waals surface area (Å²) in [6.07, 6.45) is 2.14. The normalized spacial score (nSPS) is 14.5. The molecule has 0 aromatic heterocycles. The first-order valence-electron chi connectivity index (χ1n) is 5.47. The second kappa shape index (κ2) is 5.50. The summed E-state index contributed by atoms with van der Waals surface area (Å²) in [5, 5.41) is 9.52. The molecule has 14 heavy (non-hydrogen) atoms. The molecule has 0 aliphatic heterocycles. The van der Waals surface area contributed by atoms with Crippen LogP contribution in [0.4, 0.5) is 0 Å². The summed E-state index contributed by atoms with van der Waals surface area (Å²) in [5.41, 5.74) is -0.646. The fraction of sp³-hybridized carbons (Fsp3) is 0.917. The number of hydrogen-bond acceptors (Lipinski definition) is 2. The molecule has 0 aliphatic carbocycles. The monoisotopic (exact) mass is 200 g/mol. The van der Waals surface area contributed by atoms with Gasteiger partial charge >= 0.3 is 0 Å². The minimum Gasteiger partial charge on any atom is -0.390 e. The second-order valence-corrected chi connectivity index (χ2v) is 5.32. The molecule has 1 atom stereocenters. The Balaban J connectivity index is 3.85. The van der Waals surface area contributed by atoms with E-state index in [-0.39, 0.29) is 5.92 Å². The van der Waals surface area contributed by atoms with Crippen LogP contribution in [0.15, 0.2) is 0 Å². The Bertz CT molecular complexity index is 177. The van der Waals surface area contributed by atoms with Crippen molar-refractivity contribution in [1.29, 1.82) is 0 Å². The van der Waals surface area contributed by atoms with E-state index < -0.39 is 5.60 Å². The van der Waals surface area contributed by atoms with Crippen molar-refractivity contribution in [1.82, 2.24) is 0 Å². The van der Waals surface area contributed by atoms with Crippen LogP contribution in [0, 0.1) is 11.8 Å². The summed E-state index contributed by atoms with van der Waals surface area (Å²) in [5.74, 6) is 0.847. The Morgan fingerprint density at radius 1 is 1.29 bits per heavy atom. The van der Waals surface area contributed by atoms with Crippen LogP contribution in [0.3, 0.4) is 0 Å². The lowest BCUT2D eigenvalue weighted by Crippen LogP contribution is -2.22. The SMILES string of the molecule is CC(C)CC(=O)C(C)CCC(C)(C)O. The molecular formula is C12H24O2. The fourth-order valence-electron chi connectivity index (χ4n) is 1.33. The minimum atomic E-state index is -0.646. The number of rotatable bonds is 6. The van der Waals surface area contributed by atoms with Crippen molar-refractivity contribution in [3.63, 3.8) is 0 Å². The average Bonchev–Trinajstić information content (AvgIpc) is 1.97. The Morgan fingerprint density at radius 2 is 1.79 bits per heavy atom. The van der Waals surface area contributed by atoms with E-state index in [9.17, 15) is 9.90 Å². The van der Waals surface area contributed by atoms with Gasteiger partial charge in [-0.3, -0.25) is 4.79 Å². The number of carbonyl (C=O) groups is 1. The summed E-state index contributed by atoms with van der Waals surface area (Å²) in [4.78, 5) is 11.6. The van der Waals surface area contributed by atoms with E-state index in [1.165, 1.54) is 0 Å². The van der Waals surface area contributed by atoms with Crippen LogP contribution >= 0.6 is 0 Å². The first-order chi connectivity index (χ1) is 6.22. The van der Waals surface area contributed by atoms with E-state index in [1.54, 1.807) is 13.8 Å². The largest absolute Gasteiger partial charge is 0.390 e. The maximum absolute atomic E-state index is 11.6.